The van der Waals surface area contributed by atoms with Gasteiger partial charge in [0, 0.05) is 23.2 Å². The van der Waals surface area contributed by atoms with Gasteiger partial charge in [0.2, 0.25) is 5.91 Å². The Hall–Kier alpha value is -2.40. The molecule has 6 heteroatoms. The highest BCUT2D eigenvalue weighted by molar-refractivity contribution is 6.30. The summed E-state index contributed by atoms with van der Waals surface area (Å²) >= 11 is 5.87. The van der Waals surface area contributed by atoms with E-state index in [2.05, 4.69) is 5.32 Å². The predicted octanol–water partition coefficient (Wildman–Crippen LogP) is 3.40. The number of rotatable bonds is 6. The molecular weight excluding hydrogens is 343 g/mol. The Balaban J connectivity index is 1.60. The number of amides is 2. The maximum atomic E-state index is 13.3. The molecular formula is C19H18ClFN2O2. The van der Waals surface area contributed by atoms with Crippen LogP contribution in [0, 0.1) is 5.82 Å². The standard InChI is InChI=1S/C19H18ClFN2O2/c20-15-5-2-4-14(10-15)19(25)22-11-18(24)23(17-7-8-17)12-13-3-1-6-16(21)9-13/h1-6,9-10,17H,7-8,11-12H2,(H,22,25). The average Bonchev–Trinajstić information content (AvgIpc) is 3.42. The number of carbonyl (C=O) groups is 2. The first-order chi connectivity index (χ1) is 12.0. The van der Waals surface area contributed by atoms with Crippen LogP contribution in [0.2, 0.25) is 5.02 Å². The molecule has 3 rings (SSSR count). The summed E-state index contributed by atoms with van der Waals surface area (Å²) in [5.41, 5.74) is 1.14. The van der Waals surface area contributed by atoms with Crippen LogP contribution < -0.4 is 5.32 Å². The van der Waals surface area contributed by atoms with Crippen molar-refractivity contribution in [3.63, 3.8) is 0 Å². The topological polar surface area (TPSA) is 49.4 Å². The molecule has 1 aliphatic carbocycles. The van der Waals surface area contributed by atoms with Crippen LogP contribution >= 0.6 is 11.6 Å². The minimum atomic E-state index is -0.350. The first-order valence-corrected chi connectivity index (χ1v) is 8.48. The summed E-state index contributed by atoms with van der Waals surface area (Å²) in [7, 11) is 0. The number of hydrogen-bond donors (Lipinski definition) is 1. The van der Waals surface area contributed by atoms with Crippen LogP contribution in [0.3, 0.4) is 0 Å². The highest BCUT2D eigenvalue weighted by atomic mass is 35.5. The molecule has 0 radical (unpaired) electrons. The van der Waals surface area contributed by atoms with E-state index in [-0.39, 0.29) is 30.2 Å². The zero-order valence-electron chi connectivity index (χ0n) is 13.5. The Bertz CT molecular complexity index is 792. The maximum absolute atomic E-state index is 13.3. The summed E-state index contributed by atoms with van der Waals surface area (Å²) < 4.78 is 13.3. The van der Waals surface area contributed by atoms with Gasteiger partial charge in [0.25, 0.3) is 5.91 Å². The molecule has 4 nitrogen and oxygen atoms in total. The third kappa shape index (κ3) is 4.79. The van der Waals surface area contributed by atoms with E-state index in [0.29, 0.717) is 17.1 Å². The van der Waals surface area contributed by atoms with Crippen LogP contribution in [-0.2, 0) is 11.3 Å². The second kappa shape index (κ2) is 7.66. The van der Waals surface area contributed by atoms with E-state index in [4.69, 9.17) is 11.6 Å². The van der Waals surface area contributed by atoms with Crippen molar-refractivity contribution in [3.05, 3.63) is 70.5 Å². The third-order valence-corrected chi connectivity index (χ3v) is 4.27. The third-order valence-electron chi connectivity index (χ3n) is 4.04. The number of nitrogens with one attached hydrogen (secondary N) is 1. The van der Waals surface area contributed by atoms with Gasteiger partial charge in [0.1, 0.15) is 5.82 Å². The summed E-state index contributed by atoms with van der Waals surface area (Å²) in [5.74, 6) is -0.852. The average molecular weight is 361 g/mol. The van der Waals surface area contributed by atoms with E-state index >= 15 is 0 Å². The summed E-state index contributed by atoms with van der Waals surface area (Å²) in [5, 5.41) is 3.09. The lowest BCUT2D eigenvalue weighted by molar-refractivity contribution is -0.131. The summed E-state index contributed by atoms with van der Waals surface area (Å²) in [4.78, 5) is 26.3. The lowest BCUT2D eigenvalue weighted by atomic mass is 10.2. The van der Waals surface area contributed by atoms with Crippen LogP contribution in [0.4, 0.5) is 4.39 Å². The smallest absolute Gasteiger partial charge is 0.251 e. The monoisotopic (exact) mass is 360 g/mol. The molecule has 1 aliphatic rings. The summed E-state index contributed by atoms with van der Waals surface area (Å²) in [6, 6.07) is 12.9. The van der Waals surface area contributed by atoms with Gasteiger partial charge in [-0.25, -0.2) is 4.39 Å². The van der Waals surface area contributed by atoms with Crippen molar-refractivity contribution in [2.24, 2.45) is 0 Å². The molecule has 25 heavy (non-hydrogen) atoms. The molecule has 0 spiro atoms. The van der Waals surface area contributed by atoms with Gasteiger partial charge in [0.05, 0.1) is 6.54 Å². The largest absolute Gasteiger partial charge is 0.343 e. The second-order valence-corrected chi connectivity index (χ2v) is 6.51. The van der Waals surface area contributed by atoms with Gasteiger partial charge in [0.15, 0.2) is 0 Å². The number of benzene rings is 2. The van der Waals surface area contributed by atoms with Gasteiger partial charge in [-0.15, -0.1) is 0 Å². The van der Waals surface area contributed by atoms with Crippen molar-refractivity contribution in [1.82, 2.24) is 10.2 Å². The number of halogens is 2. The van der Waals surface area contributed by atoms with E-state index in [1.807, 2.05) is 0 Å². The molecule has 1 N–H and O–H groups in total. The van der Waals surface area contributed by atoms with Crippen molar-refractivity contribution >= 4 is 23.4 Å². The Kier molecular flexibility index (Phi) is 5.34. The highest BCUT2D eigenvalue weighted by Gasteiger charge is 2.32. The number of hydrogen-bond acceptors (Lipinski definition) is 2. The van der Waals surface area contributed by atoms with Crippen molar-refractivity contribution < 1.29 is 14.0 Å². The summed E-state index contributed by atoms with van der Waals surface area (Å²) in [6.07, 6.45) is 1.87. The zero-order chi connectivity index (χ0) is 17.8. The SMILES string of the molecule is O=C(NCC(=O)N(Cc1cccc(F)c1)C1CC1)c1cccc(Cl)c1. The Morgan fingerprint density at radius 2 is 1.92 bits per heavy atom. The van der Waals surface area contributed by atoms with Gasteiger partial charge in [-0.05, 0) is 48.7 Å². The molecule has 0 bridgehead atoms. The molecule has 130 valence electrons. The fraction of sp³-hybridized carbons (Fsp3) is 0.263. The van der Waals surface area contributed by atoms with Gasteiger partial charge in [-0.3, -0.25) is 9.59 Å². The maximum Gasteiger partial charge on any atom is 0.251 e. The first kappa shape index (κ1) is 17.4. The quantitative estimate of drug-likeness (QED) is 0.858. The predicted molar refractivity (Wildman–Crippen MR) is 93.8 cm³/mol. The van der Waals surface area contributed by atoms with E-state index < -0.39 is 0 Å². The van der Waals surface area contributed by atoms with Crippen LogP contribution in [0.15, 0.2) is 48.5 Å². The van der Waals surface area contributed by atoms with Crippen molar-refractivity contribution in [1.29, 1.82) is 0 Å². The molecule has 1 fully saturated rings. The van der Waals surface area contributed by atoms with E-state index in [9.17, 15) is 14.0 Å². The molecule has 0 aliphatic heterocycles. The Labute approximate surface area is 150 Å². The lowest BCUT2D eigenvalue weighted by Crippen LogP contribution is -2.41. The first-order valence-electron chi connectivity index (χ1n) is 8.10. The Morgan fingerprint density at radius 1 is 1.16 bits per heavy atom. The lowest BCUT2D eigenvalue weighted by Gasteiger charge is -2.23. The van der Waals surface area contributed by atoms with Gasteiger partial charge in [-0.2, -0.15) is 0 Å². The van der Waals surface area contributed by atoms with E-state index in [1.165, 1.54) is 12.1 Å². The van der Waals surface area contributed by atoms with Crippen molar-refractivity contribution in [2.75, 3.05) is 6.54 Å². The zero-order valence-corrected chi connectivity index (χ0v) is 14.3. The molecule has 0 atom stereocenters. The van der Waals surface area contributed by atoms with Crippen molar-refractivity contribution in [2.45, 2.75) is 25.4 Å². The molecule has 2 amide bonds. The van der Waals surface area contributed by atoms with E-state index in [1.54, 1.807) is 41.3 Å². The van der Waals surface area contributed by atoms with Crippen LogP contribution in [0.25, 0.3) is 0 Å². The molecule has 1 saturated carbocycles. The van der Waals surface area contributed by atoms with Crippen LogP contribution in [0.1, 0.15) is 28.8 Å². The van der Waals surface area contributed by atoms with Gasteiger partial charge >= 0.3 is 0 Å². The molecule has 2 aromatic carbocycles. The molecule has 0 heterocycles. The Morgan fingerprint density at radius 3 is 2.60 bits per heavy atom. The minimum Gasteiger partial charge on any atom is -0.343 e. The van der Waals surface area contributed by atoms with Crippen LogP contribution in [0.5, 0.6) is 0 Å². The number of carbonyl (C=O) groups excluding carboxylic acids is 2. The fourth-order valence-corrected chi connectivity index (χ4v) is 2.82. The molecule has 0 aromatic heterocycles. The van der Waals surface area contributed by atoms with E-state index in [0.717, 1.165) is 18.4 Å². The van der Waals surface area contributed by atoms with Gasteiger partial charge in [-0.1, -0.05) is 29.8 Å². The highest BCUT2D eigenvalue weighted by Crippen LogP contribution is 2.28. The molecule has 0 unspecified atom stereocenters. The van der Waals surface area contributed by atoms with Crippen molar-refractivity contribution in [3.8, 4) is 0 Å². The van der Waals surface area contributed by atoms with Crippen LogP contribution in [-0.4, -0.2) is 29.3 Å². The molecule has 2 aromatic rings. The molecule has 0 saturated heterocycles. The second-order valence-electron chi connectivity index (χ2n) is 6.08. The minimum absolute atomic E-state index is 0.100. The summed E-state index contributed by atoms with van der Waals surface area (Å²) in [6.45, 7) is 0.242. The fourth-order valence-electron chi connectivity index (χ4n) is 2.63. The van der Waals surface area contributed by atoms with Gasteiger partial charge < -0.3 is 10.2 Å². The number of nitrogens with zero attached hydrogens (tertiary/aromatic N) is 1. The normalized spacial score (nSPS) is 13.4.